The van der Waals surface area contributed by atoms with E-state index in [9.17, 15) is 15.0 Å². The summed E-state index contributed by atoms with van der Waals surface area (Å²) in [7, 11) is 1.65. The van der Waals surface area contributed by atoms with E-state index in [0.717, 1.165) is 37.0 Å². The van der Waals surface area contributed by atoms with Gasteiger partial charge in [0.25, 0.3) is 0 Å². The molecule has 3 N–H and O–H groups in total. The summed E-state index contributed by atoms with van der Waals surface area (Å²) < 4.78 is 10.5. The van der Waals surface area contributed by atoms with Crippen LogP contribution in [0.3, 0.4) is 0 Å². The Bertz CT molecular complexity index is 952. The largest absolute Gasteiger partial charge is 0.497 e. The second kappa shape index (κ2) is 13.9. The maximum Gasteiger partial charge on any atom is 0.335 e. The Hall–Kier alpha value is 0.733. The molecule has 6 nitrogen and oxygen atoms in total. The van der Waals surface area contributed by atoms with Crippen LogP contribution in [0.15, 0.2) is 48.1 Å². The van der Waals surface area contributed by atoms with Gasteiger partial charge < -0.3 is 25.0 Å². The van der Waals surface area contributed by atoms with Crippen LogP contribution in [0.5, 0.6) is 5.75 Å². The fraction of sp³-hybridized carbons (Fsp3) is 0.607. The van der Waals surface area contributed by atoms with Crippen molar-refractivity contribution in [1.82, 2.24) is 5.32 Å². The third kappa shape index (κ3) is 6.54. The smallest absolute Gasteiger partial charge is 0.335 e. The fourth-order valence-electron chi connectivity index (χ4n) is 6.83. The van der Waals surface area contributed by atoms with Crippen molar-refractivity contribution in [3.63, 3.8) is 0 Å². The molecular weight excluding hydrogens is 884 g/mol. The fourth-order valence-corrected chi connectivity index (χ4v) is 6.83. The molecule has 1 aromatic carbocycles. The summed E-state index contributed by atoms with van der Waals surface area (Å²) >= 11 is 0. The normalized spacial score (nSPS) is 32.4. The van der Waals surface area contributed by atoms with Crippen LogP contribution in [0.4, 0.5) is 0 Å². The van der Waals surface area contributed by atoms with Crippen LogP contribution in [-0.2, 0) is 16.1 Å². The Morgan fingerprint density at radius 2 is 1.92 bits per heavy atom. The molecule has 8 heteroatoms. The molecular formula is C28H39Ac2NO5. The minimum Gasteiger partial charge on any atom is -0.497 e. The number of methoxy groups -OCH3 is 1. The topological polar surface area (TPSA) is 88.0 Å². The number of aliphatic hydroxyl groups is 2. The van der Waals surface area contributed by atoms with Crippen molar-refractivity contribution < 1.29 is 113 Å². The van der Waals surface area contributed by atoms with E-state index in [2.05, 4.69) is 18.8 Å². The van der Waals surface area contributed by atoms with Gasteiger partial charge in [-0.05, 0) is 73.1 Å². The van der Waals surface area contributed by atoms with Gasteiger partial charge in [0.2, 0.25) is 0 Å². The number of carbonyl (C=O) groups is 1. The molecule has 2 saturated carbocycles. The third-order valence-electron chi connectivity index (χ3n) is 9.01. The molecule has 2 fully saturated rings. The quantitative estimate of drug-likeness (QED) is 0.272. The first kappa shape index (κ1) is 32.9. The number of hydrogen-bond donors (Lipinski definition) is 3. The second-order valence-corrected chi connectivity index (χ2v) is 10.8. The van der Waals surface area contributed by atoms with E-state index in [0.29, 0.717) is 25.1 Å². The van der Waals surface area contributed by atoms with Gasteiger partial charge in [0.05, 0.1) is 25.4 Å². The molecule has 1 aliphatic heterocycles. The first-order valence-electron chi connectivity index (χ1n) is 12.4. The predicted octanol–water partition coefficient (Wildman–Crippen LogP) is 3.77. The molecule has 2 radical (unpaired) electrons. The molecule has 6 atom stereocenters. The number of allylic oxidation sites excluding steroid dienone is 1. The zero-order valence-corrected chi connectivity index (χ0v) is 31.3. The Morgan fingerprint density at radius 3 is 2.50 bits per heavy atom. The number of benzene rings is 1. The van der Waals surface area contributed by atoms with Crippen molar-refractivity contribution in [2.24, 2.45) is 22.7 Å². The van der Waals surface area contributed by atoms with E-state index < -0.39 is 11.5 Å². The molecule has 36 heavy (non-hydrogen) atoms. The van der Waals surface area contributed by atoms with Crippen LogP contribution in [0, 0.1) is 111 Å². The number of carbonyl (C=O) groups excluding carboxylic acids is 1. The van der Waals surface area contributed by atoms with E-state index in [1.165, 1.54) is 5.57 Å². The SMILES string of the molecule is C=C1CCC2[C@](C)(CO)C(O)CC[C@]2(C)[C@H]1CC(NCc1ccc(OC)cc1)C1=CCOC1=O.[Ac].[Ac]. The number of esters is 1. The standard InChI is InChI=1S/C28H39NO5.2Ac/c1-18-5-10-24-27(2,13-11-25(31)28(24,3)17-30)22(18)15-23(21-12-14-34-26(21)32)29-16-19-6-8-20(33-4)9-7-19;;/h6-9,12,22-25,29-31H,1,5,10-11,13-17H2,2-4H3;;/t22-,23?,24?,25?,27+,28-;;/m0../s1. The number of hydrogen-bond acceptors (Lipinski definition) is 6. The molecule has 0 aromatic heterocycles. The summed E-state index contributed by atoms with van der Waals surface area (Å²) in [5.74, 6) is 0.921. The maximum atomic E-state index is 12.6. The molecule has 192 valence electrons. The molecule has 1 heterocycles. The van der Waals surface area contributed by atoms with Gasteiger partial charge in [-0.25, -0.2) is 4.79 Å². The van der Waals surface area contributed by atoms with E-state index in [-0.39, 0.29) is 124 Å². The first-order chi connectivity index (χ1) is 16.2. The molecule has 2 aliphatic carbocycles. The van der Waals surface area contributed by atoms with Crippen LogP contribution in [-0.4, -0.2) is 48.7 Å². The number of nitrogens with one attached hydrogen (secondary N) is 1. The summed E-state index contributed by atoms with van der Waals surface area (Å²) in [6, 6.07) is 7.76. The van der Waals surface area contributed by atoms with Crippen molar-refractivity contribution in [3.05, 3.63) is 53.6 Å². The minimum atomic E-state index is -0.524. The van der Waals surface area contributed by atoms with Gasteiger partial charge in [0, 0.05) is 106 Å². The van der Waals surface area contributed by atoms with Gasteiger partial charge >= 0.3 is 5.97 Å². The molecule has 1 aromatic rings. The van der Waals surface area contributed by atoms with Crippen molar-refractivity contribution in [3.8, 4) is 5.75 Å². The van der Waals surface area contributed by atoms with E-state index >= 15 is 0 Å². The number of rotatable bonds is 8. The molecule has 3 aliphatic rings. The number of ether oxygens (including phenoxy) is 2. The maximum absolute atomic E-state index is 12.6. The molecule has 0 saturated heterocycles. The minimum absolute atomic E-state index is 0. The molecule has 4 rings (SSSR count). The molecule has 0 amide bonds. The van der Waals surface area contributed by atoms with E-state index in [1.54, 1.807) is 7.11 Å². The van der Waals surface area contributed by atoms with Crippen molar-refractivity contribution >= 4 is 5.97 Å². The average Bonchev–Trinajstić information content (AvgIpc) is 3.27. The summed E-state index contributed by atoms with van der Waals surface area (Å²) in [6.45, 7) is 9.69. The number of aliphatic hydroxyl groups excluding tert-OH is 2. The van der Waals surface area contributed by atoms with Crippen molar-refractivity contribution in [2.75, 3.05) is 20.3 Å². The zero-order chi connectivity index (χ0) is 24.5. The average molecular weight is 924 g/mol. The van der Waals surface area contributed by atoms with Gasteiger partial charge in [0.1, 0.15) is 12.4 Å². The van der Waals surface area contributed by atoms with Crippen molar-refractivity contribution in [2.45, 2.75) is 64.6 Å². The Labute approximate surface area is 287 Å². The van der Waals surface area contributed by atoms with E-state index in [4.69, 9.17) is 9.47 Å². The molecule has 0 spiro atoms. The van der Waals surface area contributed by atoms with Crippen molar-refractivity contribution in [1.29, 1.82) is 0 Å². The first-order valence-corrected chi connectivity index (χ1v) is 12.4. The second-order valence-electron chi connectivity index (χ2n) is 10.8. The van der Waals surface area contributed by atoms with Crippen LogP contribution in [0.2, 0.25) is 0 Å². The molecule has 0 bridgehead atoms. The van der Waals surface area contributed by atoms with Gasteiger partial charge in [0.15, 0.2) is 0 Å². The number of fused-ring (bicyclic) bond motifs is 1. The summed E-state index contributed by atoms with van der Waals surface area (Å²) in [5, 5.41) is 24.7. The summed E-state index contributed by atoms with van der Waals surface area (Å²) in [6.07, 6.45) is 5.48. The summed E-state index contributed by atoms with van der Waals surface area (Å²) in [5.41, 5.74) is 2.38. The Balaban J connectivity index is 0.00000228. The van der Waals surface area contributed by atoms with Gasteiger partial charge in [-0.1, -0.05) is 38.1 Å². The van der Waals surface area contributed by atoms with Crippen LogP contribution < -0.4 is 10.1 Å². The van der Waals surface area contributed by atoms with Crippen LogP contribution in [0.25, 0.3) is 0 Å². The third-order valence-corrected chi connectivity index (χ3v) is 9.01. The Kier molecular flexibility index (Phi) is 12.7. The Morgan fingerprint density at radius 1 is 1.22 bits per heavy atom. The monoisotopic (exact) mass is 923 g/mol. The van der Waals surface area contributed by atoms with Gasteiger partial charge in [-0.2, -0.15) is 0 Å². The van der Waals surface area contributed by atoms with Crippen LogP contribution in [0.1, 0.15) is 51.5 Å². The van der Waals surface area contributed by atoms with Gasteiger partial charge in [-0.3, -0.25) is 0 Å². The van der Waals surface area contributed by atoms with Gasteiger partial charge in [-0.15, -0.1) is 0 Å². The van der Waals surface area contributed by atoms with E-state index in [1.807, 2.05) is 37.3 Å². The molecule has 3 unspecified atom stereocenters. The summed E-state index contributed by atoms with van der Waals surface area (Å²) in [4.78, 5) is 12.6. The zero-order valence-electron chi connectivity index (χ0n) is 21.8. The van der Waals surface area contributed by atoms with Crippen LogP contribution >= 0.6 is 0 Å². The predicted molar refractivity (Wildman–Crippen MR) is 131 cm³/mol. The number of cyclic esters (lactones) is 1.